The van der Waals surface area contributed by atoms with Gasteiger partial charge in [-0.1, -0.05) is 16.9 Å². The quantitative estimate of drug-likeness (QED) is 0.449. The van der Waals surface area contributed by atoms with Crippen molar-refractivity contribution in [1.82, 2.24) is 14.7 Å². The molecule has 0 bridgehead atoms. The van der Waals surface area contributed by atoms with Crippen molar-refractivity contribution in [2.24, 2.45) is 0 Å². The first kappa shape index (κ1) is 18.7. The fourth-order valence-electron chi connectivity index (χ4n) is 3.38. The molecule has 0 spiro atoms. The highest BCUT2D eigenvalue weighted by atomic mass is 32.2. The zero-order valence-corrected chi connectivity index (χ0v) is 16.8. The predicted molar refractivity (Wildman–Crippen MR) is 105 cm³/mol. The molecule has 2 aromatic heterocycles. The first-order valence-electron chi connectivity index (χ1n) is 9.31. The van der Waals surface area contributed by atoms with E-state index in [0.29, 0.717) is 39.6 Å². The molecule has 3 aromatic rings. The van der Waals surface area contributed by atoms with E-state index in [0.717, 1.165) is 5.56 Å². The molecule has 0 aliphatic carbocycles. The molecule has 4 heterocycles. The molecule has 5 rings (SSSR count). The molecule has 1 atom stereocenters. The van der Waals surface area contributed by atoms with Gasteiger partial charge in [-0.3, -0.25) is 14.2 Å². The Hall–Kier alpha value is -3.27. The van der Waals surface area contributed by atoms with Crippen LogP contribution in [0.3, 0.4) is 0 Å². The summed E-state index contributed by atoms with van der Waals surface area (Å²) in [6.07, 6.45) is 0.0948. The number of esters is 1. The number of carbonyl (C=O) groups is 1. The third-order valence-corrected chi connectivity index (χ3v) is 5.91. The molecule has 0 saturated heterocycles. The molecule has 0 amide bonds. The fraction of sp³-hybridized carbons (Fsp3) is 0.300. The average Bonchev–Trinajstić information content (AvgIpc) is 3.45. The van der Waals surface area contributed by atoms with Crippen molar-refractivity contribution in [3.8, 4) is 22.8 Å². The van der Waals surface area contributed by atoms with Gasteiger partial charge in [-0.05, 0) is 25.1 Å². The Bertz CT molecular complexity index is 1190. The van der Waals surface area contributed by atoms with Crippen molar-refractivity contribution in [3.05, 3.63) is 52.1 Å². The topological polar surface area (TPSA) is 106 Å². The maximum absolute atomic E-state index is 12.3. The van der Waals surface area contributed by atoms with Crippen molar-refractivity contribution in [2.75, 3.05) is 12.5 Å². The number of thioether (sulfide) groups is 1. The van der Waals surface area contributed by atoms with Gasteiger partial charge in [-0.15, -0.1) is 0 Å². The van der Waals surface area contributed by atoms with Gasteiger partial charge in [0.1, 0.15) is 12.3 Å². The first-order chi connectivity index (χ1) is 14.6. The summed E-state index contributed by atoms with van der Waals surface area (Å²) in [4.78, 5) is 28.9. The highest BCUT2D eigenvalue weighted by molar-refractivity contribution is 7.99. The van der Waals surface area contributed by atoms with Crippen LogP contribution in [-0.4, -0.2) is 33.2 Å². The number of ether oxygens (including phenoxy) is 3. The van der Waals surface area contributed by atoms with E-state index in [4.69, 9.17) is 18.7 Å². The highest BCUT2D eigenvalue weighted by Gasteiger charge is 2.28. The Morgan fingerprint density at radius 1 is 1.27 bits per heavy atom. The van der Waals surface area contributed by atoms with Crippen LogP contribution >= 0.6 is 11.8 Å². The van der Waals surface area contributed by atoms with E-state index < -0.39 is 5.97 Å². The van der Waals surface area contributed by atoms with Crippen LogP contribution in [0.1, 0.15) is 23.9 Å². The highest BCUT2D eigenvalue weighted by Crippen LogP contribution is 2.36. The largest absolute Gasteiger partial charge is 0.459 e. The third kappa shape index (κ3) is 3.54. The van der Waals surface area contributed by atoms with Gasteiger partial charge < -0.3 is 18.7 Å². The maximum atomic E-state index is 12.3. The summed E-state index contributed by atoms with van der Waals surface area (Å²) in [5.74, 6) is 2.07. The van der Waals surface area contributed by atoms with Crippen LogP contribution in [0, 0.1) is 6.92 Å². The second-order valence-electron chi connectivity index (χ2n) is 6.97. The molecular formula is C20H17N3O6S. The van der Waals surface area contributed by atoms with Crippen molar-refractivity contribution in [3.63, 3.8) is 0 Å². The number of aromatic nitrogens is 3. The molecule has 0 radical (unpaired) electrons. The van der Waals surface area contributed by atoms with Gasteiger partial charge in [0, 0.05) is 29.1 Å². The van der Waals surface area contributed by atoms with Crippen molar-refractivity contribution >= 4 is 17.7 Å². The van der Waals surface area contributed by atoms with E-state index in [2.05, 4.69) is 10.1 Å². The zero-order chi connectivity index (χ0) is 20.7. The standard InChI is InChI=1S/C20H17N3O6S/c1-11-4-18(24)23-14(9-30-20(23)21-11)7-19(25)26-8-13-6-16(29-22-13)12-2-3-15-17(5-12)28-10-27-15/h2-6,14H,7-10H2,1H3. The Labute approximate surface area is 174 Å². The Morgan fingerprint density at radius 2 is 2.13 bits per heavy atom. The Morgan fingerprint density at radius 3 is 3.03 bits per heavy atom. The summed E-state index contributed by atoms with van der Waals surface area (Å²) >= 11 is 1.47. The zero-order valence-electron chi connectivity index (χ0n) is 16.0. The molecular weight excluding hydrogens is 410 g/mol. The molecule has 0 N–H and O–H groups in total. The summed E-state index contributed by atoms with van der Waals surface area (Å²) < 4.78 is 22.9. The third-order valence-electron chi connectivity index (χ3n) is 4.82. The fourth-order valence-corrected chi connectivity index (χ4v) is 4.58. The minimum Gasteiger partial charge on any atom is -0.459 e. The molecule has 154 valence electrons. The number of benzene rings is 1. The van der Waals surface area contributed by atoms with Gasteiger partial charge >= 0.3 is 5.97 Å². The van der Waals surface area contributed by atoms with E-state index in [-0.39, 0.29) is 31.4 Å². The van der Waals surface area contributed by atoms with Crippen LogP contribution in [0.25, 0.3) is 11.3 Å². The summed E-state index contributed by atoms with van der Waals surface area (Å²) in [7, 11) is 0. The number of carbonyl (C=O) groups excluding carboxylic acids is 1. The van der Waals surface area contributed by atoms with Crippen molar-refractivity contribution < 1.29 is 23.5 Å². The van der Waals surface area contributed by atoms with Crippen LogP contribution in [-0.2, 0) is 16.1 Å². The summed E-state index contributed by atoms with van der Waals surface area (Å²) in [6.45, 7) is 1.96. The summed E-state index contributed by atoms with van der Waals surface area (Å²) in [6, 6.07) is 8.37. The van der Waals surface area contributed by atoms with Crippen LogP contribution < -0.4 is 15.0 Å². The minimum atomic E-state index is -0.409. The molecule has 2 aliphatic rings. The van der Waals surface area contributed by atoms with Crippen molar-refractivity contribution in [1.29, 1.82) is 0 Å². The van der Waals surface area contributed by atoms with Gasteiger partial charge in [0.05, 0.1) is 12.5 Å². The molecule has 0 fully saturated rings. The lowest BCUT2D eigenvalue weighted by Crippen LogP contribution is -2.26. The molecule has 2 aliphatic heterocycles. The van der Waals surface area contributed by atoms with Crippen LogP contribution in [0.4, 0.5) is 0 Å². The van der Waals surface area contributed by atoms with Crippen LogP contribution in [0.2, 0.25) is 0 Å². The number of hydrogen-bond donors (Lipinski definition) is 0. The monoisotopic (exact) mass is 427 g/mol. The molecule has 9 nitrogen and oxygen atoms in total. The second kappa shape index (κ2) is 7.52. The minimum absolute atomic E-state index is 0.0132. The van der Waals surface area contributed by atoms with E-state index in [1.807, 2.05) is 6.07 Å². The van der Waals surface area contributed by atoms with Gasteiger partial charge in [-0.25, -0.2) is 4.98 Å². The lowest BCUT2D eigenvalue weighted by molar-refractivity contribution is -0.145. The molecule has 10 heteroatoms. The Balaban J connectivity index is 1.21. The van der Waals surface area contributed by atoms with Gasteiger partial charge in [-0.2, -0.15) is 0 Å². The van der Waals surface area contributed by atoms with E-state index in [1.165, 1.54) is 17.8 Å². The van der Waals surface area contributed by atoms with E-state index in [9.17, 15) is 9.59 Å². The summed E-state index contributed by atoms with van der Waals surface area (Å²) in [5, 5.41) is 4.60. The first-order valence-corrected chi connectivity index (χ1v) is 10.3. The molecule has 1 aromatic carbocycles. The van der Waals surface area contributed by atoms with Gasteiger partial charge in [0.25, 0.3) is 5.56 Å². The second-order valence-corrected chi connectivity index (χ2v) is 7.96. The summed E-state index contributed by atoms with van der Waals surface area (Å²) in [5.41, 5.74) is 1.80. The van der Waals surface area contributed by atoms with Gasteiger partial charge in [0.2, 0.25) is 6.79 Å². The number of rotatable bonds is 5. The van der Waals surface area contributed by atoms with Crippen molar-refractivity contribution in [2.45, 2.75) is 31.1 Å². The average molecular weight is 427 g/mol. The lowest BCUT2D eigenvalue weighted by atomic mass is 10.1. The Kier molecular flexibility index (Phi) is 4.70. The lowest BCUT2D eigenvalue weighted by Gasteiger charge is -2.12. The van der Waals surface area contributed by atoms with Gasteiger partial charge in [0.15, 0.2) is 22.4 Å². The molecule has 30 heavy (non-hydrogen) atoms. The predicted octanol–water partition coefficient (Wildman–Crippen LogP) is 2.72. The normalized spacial score (nSPS) is 16.5. The smallest absolute Gasteiger partial charge is 0.308 e. The number of aryl methyl sites for hydroxylation is 1. The van der Waals surface area contributed by atoms with E-state index in [1.54, 1.807) is 29.7 Å². The van der Waals surface area contributed by atoms with Crippen LogP contribution in [0.5, 0.6) is 11.5 Å². The van der Waals surface area contributed by atoms with E-state index >= 15 is 0 Å². The SMILES string of the molecule is Cc1cc(=O)n2c(n1)SCC2CC(=O)OCc1cc(-c2ccc3c(c2)OCO3)on1. The van der Waals surface area contributed by atoms with Crippen LogP contribution in [0.15, 0.2) is 44.8 Å². The molecule has 1 unspecified atom stereocenters. The molecule has 0 saturated carbocycles. The number of hydrogen-bond acceptors (Lipinski definition) is 9. The maximum Gasteiger partial charge on any atom is 0.308 e. The number of fused-ring (bicyclic) bond motifs is 2. The number of nitrogens with zero attached hydrogens (tertiary/aromatic N) is 3.